The molecule has 1 aromatic carbocycles. The summed E-state index contributed by atoms with van der Waals surface area (Å²) in [5, 5.41) is 0.553. The van der Waals surface area contributed by atoms with Crippen LogP contribution in [0.2, 0.25) is 5.02 Å². The number of carbonyl (C=O) groups excluding carboxylic acids is 1. The molecule has 4 nitrogen and oxygen atoms in total. The van der Waals surface area contributed by atoms with Gasteiger partial charge in [0.15, 0.2) is 9.84 Å². The first kappa shape index (κ1) is 12.9. The molecule has 0 aromatic heterocycles. The number of fused-ring (bicyclic) bond motifs is 1. The highest BCUT2D eigenvalue weighted by Crippen LogP contribution is 2.39. The van der Waals surface area contributed by atoms with Crippen molar-refractivity contribution in [2.45, 2.75) is 19.4 Å². The third kappa shape index (κ3) is 2.15. The average Bonchev–Trinajstić information content (AvgIpc) is 2.73. The van der Waals surface area contributed by atoms with Gasteiger partial charge in [-0.2, -0.15) is 0 Å². The Morgan fingerprint density at radius 2 is 2.05 bits per heavy atom. The van der Waals surface area contributed by atoms with Crippen molar-refractivity contribution in [3.8, 4) is 0 Å². The van der Waals surface area contributed by atoms with Gasteiger partial charge < -0.3 is 4.90 Å². The van der Waals surface area contributed by atoms with Gasteiger partial charge in [-0.3, -0.25) is 4.79 Å². The summed E-state index contributed by atoms with van der Waals surface area (Å²) in [5.74, 6) is 0.112. The number of sulfone groups is 1. The molecular formula is C13H14ClNO3S. The fourth-order valence-electron chi connectivity index (χ4n) is 3.04. The smallest absolute Gasteiger partial charge is 0.227 e. The van der Waals surface area contributed by atoms with E-state index < -0.39 is 9.84 Å². The molecule has 6 heteroatoms. The average molecular weight is 300 g/mol. The van der Waals surface area contributed by atoms with Crippen molar-refractivity contribution in [1.29, 1.82) is 0 Å². The lowest BCUT2D eigenvalue weighted by molar-refractivity contribution is -0.117. The van der Waals surface area contributed by atoms with E-state index in [0.29, 0.717) is 11.4 Å². The van der Waals surface area contributed by atoms with Gasteiger partial charge >= 0.3 is 0 Å². The highest BCUT2D eigenvalue weighted by Gasteiger charge is 2.49. The molecule has 0 radical (unpaired) electrons. The molecule has 1 amide bonds. The van der Waals surface area contributed by atoms with E-state index in [2.05, 4.69) is 0 Å². The number of nitrogens with zero attached hydrogens (tertiary/aromatic N) is 1. The molecule has 0 spiro atoms. The van der Waals surface area contributed by atoms with Gasteiger partial charge in [-0.1, -0.05) is 17.7 Å². The molecule has 2 fully saturated rings. The Bertz CT molecular complexity index is 656. The van der Waals surface area contributed by atoms with E-state index in [0.717, 1.165) is 11.3 Å². The zero-order valence-corrected chi connectivity index (χ0v) is 12.0. The topological polar surface area (TPSA) is 54.5 Å². The number of rotatable bonds is 1. The summed E-state index contributed by atoms with van der Waals surface area (Å²) in [6.45, 7) is 1.90. The van der Waals surface area contributed by atoms with Gasteiger partial charge in [-0.05, 0) is 24.6 Å². The Hall–Kier alpha value is -1.07. The van der Waals surface area contributed by atoms with Crippen LogP contribution in [-0.2, 0) is 14.6 Å². The molecule has 3 rings (SSSR count). The lowest BCUT2D eigenvalue weighted by atomic mass is 10.0. The van der Waals surface area contributed by atoms with Crippen LogP contribution >= 0.6 is 11.6 Å². The summed E-state index contributed by atoms with van der Waals surface area (Å²) in [4.78, 5) is 13.8. The molecule has 2 aliphatic heterocycles. The molecule has 0 N–H and O–H groups in total. The highest BCUT2D eigenvalue weighted by atomic mass is 35.5. The predicted octanol–water partition coefficient (Wildman–Crippen LogP) is 1.80. The summed E-state index contributed by atoms with van der Waals surface area (Å²) in [7, 11) is -3.02. The number of anilines is 1. The van der Waals surface area contributed by atoms with Gasteiger partial charge in [0.25, 0.3) is 0 Å². The second-order valence-corrected chi connectivity index (χ2v) is 7.89. The van der Waals surface area contributed by atoms with Crippen molar-refractivity contribution < 1.29 is 13.2 Å². The van der Waals surface area contributed by atoms with E-state index in [1.165, 1.54) is 0 Å². The molecule has 1 aromatic rings. The van der Waals surface area contributed by atoms with E-state index in [1.807, 2.05) is 13.0 Å². The summed E-state index contributed by atoms with van der Waals surface area (Å²) in [6.07, 6.45) is 0.315. The van der Waals surface area contributed by atoms with Gasteiger partial charge in [0.1, 0.15) is 0 Å². The zero-order valence-electron chi connectivity index (χ0n) is 10.5. The third-order valence-electron chi connectivity index (χ3n) is 3.90. The summed E-state index contributed by atoms with van der Waals surface area (Å²) < 4.78 is 23.4. The van der Waals surface area contributed by atoms with Crippen molar-refractivity contribution in [2.24, 2.45) is 5.92 Å². The Balaban J connectivity index is 2.04. The number of hydrogen-bond donors (Lipinski definition) is 0. The van der Waals surface area contributed by atoms with Gasteiger partial charge in [0.2, 0.25) is 5.91 Å². The van der Waals surface area contributed by atoms with E-state index >= 15 is 0 Å². The van der Waals surface area contributed by atoms with Crippen LogP contribution in [0.15, 0.2) is 18.2 Å². The molecule has 2 saturated heterocycles. The van der Waals surface area contributed by atoms with E-state index in [-0.39, 0.29) is 29.4 Å². The fourth-order valence-corrected chi connectivity index (χ4v) is 5.28. The van der Waals surface area contributed by atoms with Crippen molar-refractivity contribution in [3.05, 3.63) is 28.8 Å². The number of amides is 1. The Morgan fingerprint density at radius 1 is 1.32 bits per heavy atom. The molecule has 2 aliphatic rings. The molecule has 0 saturated carbocycles. The zero-order chi connectivity index (χ0) is 13.8. The normalized spacial score (nSPS) is 28.7. The number of benzene rings is 1. The van der Waals surface area contributed by atoms with Crippen LogP contribution < -0.4 is 4.90 Å². The van der Waals surface area contributed by atoms with Crippen molar-refractivity contribution in [3.63, 3.8) is 0 Å². The van der Waals surface area contributed by atoms with Crippen LogP contribution in [0.4, 0.5) is 5.69 Å². The van der Waals surface area contributed by atoms with Crippen molar-refractivity contribution >= 4 is 33.0 Å². The van der Waals surface area contributed by atoms with Gasteiger partial charge in [-0.25, -0.2) is 8.42 Å². The Kier molecular flexibility index (Phi) is 2.87. The molecule has 2 atom stereocenters. The second kappa shape index (κ2) is 4.21. The number of carbonyl (C=O) groups is 1. The summed E-state index contributed by atoms with van der Waals surface area (Å²) >= 11 is 5.99. The van der Waals surface area contributed by atoms with Crippen LogP contribution in [0.25, 0.3) is 0 Å². The van der Waals surface area contributed by atoms with E-state index in [4.69, 9.17) is 11.6 Å². The first-order chi connectivity index (χ1) is 8.87. The van der Waals surface area contributed by atoms with Crippen LogP contribution in [0.5, 0.6) is 0 Å². The van der Waals surface area contributed by atoms with Crippen LogP contribution in [0, 0.1) is 12.8 Å². The van der Waals surface area contributed by atoms with E-state index in [9.17, 15) is 13.2 Å². The summed E-state index contributed by atoms with van der Waals surface area (Å²) in [5.41, 5.74) is 1.67. The van der Waals surface area contributed by atoms with Gasteiger partial charge in [-0.15, -0.1) is 0 Å². The van der Waals surface area contributed by atoms with E-state index in [1.54, 1.807) is 17.0 Å². The second-order valence-electron chi connectivity index (χ2n) is 5.30. The molecule has 0 unspecified atom stereocenters. The number of aryl methyl sites for hydroxylation is 1. The Labute approximate surface area is 117 Å². The monoisotopic (exact) mass is 299 g/mol. The molecule has 19 heavy (non-hydrogen) atoms. The highest BCUT2D eigenvalue weighted by molar-refractivity contribution is 7.91. The van der Waals surface area contributed by atoms with Crippen LogP contribution in [0.1, 0.15) is 12.0 Å². The van der Waals surface area contributed by atoms with Crippen molar-refractivity contribution in [2.75, 3.05) is 16.4 Å². The lowest BCUT2D eigenvalue weighted by Crippen LogP contribution is -2.36. The van der Waals surface area contributed by atoms with Crippen LogP contribution in [-0.4, -0.2) is 31.9 Å². The molecule has 0 aliphatic carbocycles. The van der Waals surface area contributed by atoms with Crippen molar-refractivity contribution in [1.82, 2.24) is 0 Å². The largest absolute Gasteiger partial charge is 0.308 e. The first-order valence-corrected chi connectivity index (χ1v) is 8.36. The molecule has 2 heterocycles. The first-order valence-electron chi connectivity index (χ1n) is 6.16. The molecule has 0 bridgehead atoms. The summed E-state index contributed by atoms with van der Waals surface area (Å²) in [6, 6.07) is 5.13. The Morgan fingerprint density at radius 3 is 2.79 bits per heavy atom. The minimum Gasteiger partial charge on any atom is -0.308 e. The predicted molar refractivity (Wildman–Crippen MR) is 74.2 cm³/mol. The minimum atomic E-state index is -3.02. The molecule has 102 valence electrons. The minimum absolute atomic E-state index is 0.00438. The standard InChI is InChI=1S/C13H14ClNO3S/c1-8-2-3-10(14)5-11(8)15-12-7-19(17,18)6-9(12)4-13(15)16/h2-3,5,9,12H,4,6-7H2,1H3/t9-,12-/m0/s1. The maximum atomic E-state index is 12.2. The maximum Gasteiger partial charge on any atom is 0.227 e. The number of halogens is 1. The SMILES string of the molecule is Cc1ccc(Cl)cc1N1C(=O)C[C@H]2CS(=O)(=O)C[C@@H]21. The van der Waals surface area contributed by atoms with Gasteiger partial charge in [0, 0.05) is 23.0 Å². The molecular weight excluding hydrogens is 286 g/mol. The van der Waals surface area contributed by atoms with Crippen LogP contribution in [0.3, 0.4) is 0 Å². The van der Waals surface area contributed by atoms with Gasteiger partial charge in [0.05, 0.1) is 17.5 Å². The third-order valence-corrected chi connectivity index (χ3v) is 5.93. The maximum absolute atomic E-state index is 12.2. The lowest BCUT2D eigenvalue weighted by Gasteiger charge is -2.25. The fraction of sp³-hybridized carbons (Fsp3) is 0.462. The quantitative estimate of drug-likeness (QED) is 0.794. The number of hydrogen-bond acceptors (Lipinski definition) is 3.